The molecule has 0 spiro atoms. The first-order chi connectivity index (χ1) is 11.0. The molecule has 0 aromatic carbocycles. The first kappa shape index (κ1) is 15.9. The maximum absolute atomic E-state index is 11.6. The maximum Gasteiger partial charge on any atom is 0.290 e. The maximum atomic E-state index is 11.6. The van der Waals surface area contributed by atoms with Gasteiger partial charge in [-0.1, -0.05) is 0 Å². The zero-order valence-corrected chi connectivity index (χ0v) is 13.7. The molecule has 1 saturated heterocycles. The van der Waals surface area contributed by atoms with Crippen molar-refractivity contribution in [3.8, 4) is 0 Å². The summed E-state index contributed by atoms with van der Waals surface area (Å²) in [4.78, 5) is 34.0. The predicted molar refractivity (Wildman–Crippen MR) is 89.8 cm³/mol. The van der Waals surface area contributed by atoms with Gasteiger partial charge in [-0.25, -0.2) is 9.97 Å². The van der Waals surface area contributed by atoms with Crippen LogP contribution < -0.4 is 16.0 Å². The average Bonchev–Trinajstić information content (AvgIpc) is 2.85. The highest BCUT2D eigenvalue weighted by Crippen LogP contribution is 2.26. The van der Waals surface area contributed by atoms with Crippen LogP contribution >= 0.6 is 11.8 Å². The Kier molecular flexibility index (Phi) is 4.63. The zero-order valence-electron chi connectivity index (χ0n) is 12.9. The molecule has 2 heterocycles. The second kappa shape index (κ2) is 6.67. The van der Waals surface area contributed by atoms with Crippen molar-refractivity contribution >= 4 is 34.9 Å². The van der Waals surface area contributed by atoms with Crippen molar-refractivity contribution in [1.29, 1.82) is 0 Å². The van der Waals surface area contributed by atoms with E-state index in [1.54, 1.807) is 18.3 Å². The third-order valence-electron chi connectivity index (χ3n) is 4.19. The summed E-state index contributed by atoms with van der Waals surface area (Å²) in [7, 11) is 1.98. The van der Waals surface area contributed by atoms with Crippen LogP contribution in [0.2, 0.25) is 0 Å². The van der Waals surface area contributed by atoms with E-state index < -0.39 is 0 Å². The van der Waals surface area contributed by atoms with Crippen molar-refractivity contribution in [1.82, 2.24) is 15.3 Å². The van der Waals surface area contributed by atoms with Gasteiger partial charge in [0.05, 0.1) is 10.6 Å². The van der Waals surface area contributed by atoms with Crippen LogP contribution in [0, 0.1) is 0 Å². The lowest BCUT2D eigenvalue weighted by atomic mass is 9.91. The van der Waals surface area contributed by atoms with Crippen molar-refractivity contribution in [2.24, 2.45) is 5.73 Å². The topological polar surface area (TPSA) is 101 Å². The number of nitrogens with one attached hydrogen (secondary N) is 1. The molecule has 122 valence electrons. The van der Waals surface area contributed by atoms with Crippen LogP contribution in [0.4, 0.5) is 10.7 Å². The molecule has 2 amide bonds. The minimum Gasteiger partial charge on any atom is -0.341 e. The highest BCUT2D eigenvalue weighted by Gasteiger charge is 2.26. The Morgan fingerprint density at radius 1 is 1.35 bits per heavy atom. The summed E-state index contributed by atoms with van der Waals surface area (Å²) >= 11 is 0.885. The van der Waals surface area contributed by atoms with Gasteiger partial charge in [-0.15, -0.1) is 0 Å². The molecular weight excluding hydrogens is 314 g/mol. The normalized spacial score (nSPS) is 26.4. The van der Waals surface area contributed by atoms with Crippen molar-refractivity contribution in [3.05, 3.63) is 22.9 Å². The van der Waals surface area contributed by atoms with E-state index in [2.05, 4.69) is 20.2 Å². The van der Waals surface area contributed by atoms with E-state index >= 15 is 0 Å². The van der Waals surface area contributed by atoms with Gasteiger partial charge in [-0.05, 0) is 49.6 Å². The van der Waals surface area contributed by atoms with Crippen LogP contribution in [0.5, 0.6) is 0 Å². The molecule has 1 saturated carbocycles. The van der Waals surface area contributed by atoms with Crippen LogP contribution in [0.1, 0.15) is 31.4 Å². The average molecular weight is 333 g/mol. The Morgan fingerprint density at radius 2 is 2.09 bits per heavy atom. The Balaban J connectivity index is 1.76. The van der Waals surface area contributed by atoms with Gasteiger partial charge < -0.3 is 10.6 Å². The molecule has 0 radical (unpaired) electrons. The molecule has 2 fully saturated rings. The Morgan fingerprint density at radius 3 is 2.74 bits per heavy atom. The number of nitrogens with two attached hydrogens (primary N) is 1. The molecule has 2 aliphatic rings. The monoisotopic (exact) mass is 333 g/mol. The number of carbonyl (C=O) groups excluding carboxylic acids is 2. The number of anilines is 1. The number of thioether (sulfide) groups is 1. The molecule has 1 aliphatic carbocycles. The number of nitrogens with zero attached hydrogens (tertiary/aromatic N) is 3. The number of imide groups is 1. The molecular formula is C15H19N5O2S. The Hall–Kier alpha value is -1.93. The van der Waals surface area contributed by atoms with E-state index in [1.807, 2.05) is 7.05 Å². The lowest BCUT2D eigenvalue weighted by Gasteiger charge is -2.33. The number of aromatic nitrogens is 2. The van der Waals surface area contributed by atoms with Gasteiger partial charge in [-0.3, -0.25) is 14.9 Å². The second-order valence-corrected chi connectivity index (χ2v) is 6.83. The number of rotatable bonds is 3. The van der Waals surface area contributed by atoms with Crippen LogP contribution in [-0.4, -0.2) is 40.2 Å². The first-order valence-corrected chi connectivity index (χ1v) is 8.41. The summed E-state index contributed by atoms with van der Waals surface area (Å²) in [6, 6.07) is 2.40. The largest absolute Gasteiger partial charge is 0.341 e. The summed E-state index contributed by atoms with van der Waals surface area (Å²) in [5.74, 6) is 0.240. The minimum atomic E-state index is -0.380. The van der Waals surface area contributed by atoms with Crippen LogP contribution in [0.15, 0.2) is 17.2 Å². The fourth-order valence-corrected chi connectivity index (χ4v) is 3.49. The van der Waals surface area contributed by atoms with Crippen molar-refractivity contribution in [2.45, 2.75) is 37.8 Å². The Labute approximate surface area is 138 Å². The van der Waals surface area contributed by atoms with Crippen molar-refractivity contribution < 1.29 is 9.59 Å². The molecule has 7 nitrogen and oxygen atoms in total. The summed E-state index contributed by atoms with van der Waals surface area (Å²) in [5, 5.41) is 1.88. The lowest BCUT2D eigenvalue weighted by molar-refractivity contribution is -0.115. The SMILES string of the molecule is CN(c1nccc(C=C2SC(=O)NC2=O)n1)C1CCC(N)CC1. The number of hydrogen-bond donors (Lipinski definition) is 2. The fourth-order valence-electron chi connectivity index (χ4n) is 2.82. The second-order valence-electron chi connectivity index (χ2n) is 5.81. The van der Waals surface area contributed by atoms with Gasteiger partial charge >= 0.3 is 0 Å². The quantitative estimate of drug-likeness (QED) is 0.808. The minimum absolute atomic E-state index is 0.298. The summed E-state index contributed by atoms with van der Waals surface area (Å²) in [6.45, 7) is 0. The van der Waals surface area contributed by atoms with E-state index in [0.717, 1.165) is 37.4 Å². The summed E-state index contributed by atoms with van der Waals surface area (Å²) < 4.78 is 0. The highest BCUT2D eigenvalue weighted by atomic mass is 32.2. The summed E-state index contributed by atoms with van der Waals surface area (Å²) in [6.07, 6.45) is 7.35. The van der Waals surface area contributed by atoms with Gasteiger partial charge in [0, 0.05) is 25.3 Å². The predicted octanol–water partition coefficient (Wildman–Crippen LogP) is 1.51. The van der Waals surface area contributed by atoms with Crippen LogP contribution in [-0.2, 0) is 4.79 Å². The fraction of sp³-hybridized carbons (Fsp3) is 0.467. The van der Waals surface area contributed by atoms with E-state index in [-0.39, 0.29) is 11.1 Å². The van der Waals surface area contributed by atoms with Gasteiger partial charge in [0.25, 0.3) is 11.1 Å². The molecule has 1 aromatic heterocycles. The number of hydrogen-bond acceptors (Lipinski definition) is 7. The van der Waals surface area contributed by atoms with E-state index in [1.165, 1.54) is 0 Å². The molecule has 23 heavy (non-hydrogen) atoms. The van der Waals surface area contributed by atoms with E-state index in [9.17, 15) is 9.59 Å². The van der Waals surface area contributed by atoms with Gasteiger partial charge in [0.1, 0.15) is 0 Å². The standard InChI is InChI=1S/C15H19N5O2S/c1-20(11-4-2-9(16)3-5-11)14-17-7-6-10(18-14)8-12-13(21)19-15(22)23-12/h6-9,11H,2-5,16H2,1H3,(H,19,21,22). The highest BCUT2D eigenvalue weighted by molar-refractivity contribution is 8.18. The summed E-state index contributed by atoms with van der Waals surface area (Å²) in [5.41, 5.74) is 6.56. The Bertz CT molecular complexity index is 655. The smallest absolute Gasteiger partial charge is 0.290 e. The van der Waals surface area contributed by atoms with Gasteiger partial charge in [0.2, 0.25) is 5.95 Å². The van der Waals surface area contributed by atoms with Gasteiger partial charge in [0.15, 0.2) is 0 Å². The third kappa shape index (κ3) is 3.70. The molecule has 0 atom stereocenters. The molecule has 0 bridgehead atoms. The number of amides is 2. The molecule has 3 rings (SSSR count). The molecule has 1 aromatic rings. The molecule has 3 N–H and O–H groups in total. The number of carbonyl (C=O) groups is 2. The molecule has 8 heteroatoms. The lowest BCUT2D eigenvalue weighted by Crippen LogP contribution is -2.39. The molecule has 1 aliphatic heterocycles. The third-order valence-corrected chi connectivity index (χ3v) is 5.00. The van der Waals surface area contributed by atoms with Crippen LogP contribution in [0.25, 0.3) is 6.08 Å². The molecule has 0 unspecified atom stereocenters. The van der Waals surface area contributed by atoms with E-state index in [4.69, 9.17) is 5.73 Å². The van der Waals surface area contributed by atoms with Crippen LogP contribution in [0.3, 0.4) is 0 Å². The van der Waals surface area contributed by atoms with Crippen molar-refractivity contribution in [2.75, 3.05) is 11.9 Å². The first-order valence-electron chi connectivity index (χ1n) is 7.59. The van der Waals surface area contributed by atoms with E-state index in [0.29, 0.717) is 28.6 Å². The zero-order chi connectivity index (χ0) is 16.4. The van der Waals surface area contributed by atoms with Gasteiger partial charge in [-0.2, -0.15) is 0 Å². The van der Waals surface area contributed by atoms with Crippen molar-refractivity contribution in [3.63, 3.8) is 0 Å².